The van der Waals surface area contributed by atoms with E-state index in [1.54, 1.807) is 28.4 Å². The first kappa shape index (κ1) is 28.6. The number of hydrogen-bond donors (Lipinski definition) is 0. The van der Waals surface area contributed by atoms with E-state index in [4.69, 9.17) is 18.9 Å². The molecule has 0 spiro atoms. The van der Waals surface area contributed by atoms with Crippen LogP contribution in [0.15, 0.2) is 30.3 Å². The molecule has 0 atom stereocenters. The maximum Gasteiger partial charge on any atom is 0.227 e. The lowest BCUT2D eigenvalue weighted by Crippen LogP contribution is -2.35. The number of aryl methyl sites for hydroxylation is 1. The first-order valence-electron chi connectivity index (χ1n) is 11.9. The van der Waals surface area contributed by atoms with E-state index in [-0.39, 0.29) is 18.3 Å². The molecule has 0 N–H and O–H groups in total. The summed E-state index contributed by atoms with van der Waals surface area (Å²) in [5.41, 5.74) is 3.45. The van der Waals surface area contributed by atoms with E-state index < -0.39 is 0 Å². The van der Waals surface area contributed by atoms with Gasteiger partial charge in [0.15, 0.2) is 23.0 Å². The molecule has 1 heterocycles. The van der Waals surface area contributed by atoms with Crippen molar-refractivity contribution >= 4 is 18.3 Å². The molecule has 35 heavy (non-hydrogen) atoms. The number of nitrogens with zero attached hydrogens (tertiary/aromatic N) is 2. The molecule has 2 aromatic carbocycles. The molecule has 0 saturated heterocycles. The Morgan fingerprint density at radius 3 is 2.09 bits per heavy atom. The van der Waals surface area contributed by atoms with E-state index >= 15 is 0 Å². The Labute approximate surface area is 215 Å². The standard InChI is InChI=1S/C27H38N2O5.ClH/c1-28(12-6-8-20-9-10-23(31-2)24(16-20)32-3)13-7-14-29-15-11-21-17-25(33-4)26(34-5)18-22(21)19-27(29)30;/h9-10,16-18H,6-8,11-15,19H2,1-5H3;1H. The quantitative estimate of drug-likeness (QED) is 0.433. The highest BCUT2D eigenvalue weighted by atomic mass is 35.5. The normalized spacial score (nSPS) is 13.1. The maximum absolute atomic E-state index is 12.9. The second-order valence-electron chi connectivity index (χ2n) is 8.73. The van der Waals surface area contributed by atoms with Crippen molar-refractivity contribution in [3.63, 3.8) is 0 Å². The average molecular weight is 507 g/mol. The second-order valence-corrected chi connectivity index (χ2v) is 8.73. The summed E-state index contributed by atoms with van der Waals surface area (Å²) in [4.78, 5) is 17.2. The van der Waals surface area contributed by atoms with Gasteiger partial charge in [0.25, 0.3) is 0 Å². The Hall–Kier alpha value is -2.64. The average Bonchev–Trinajstić information content (AvgIpc) is 3.00. The molecule has 0 aromatic heterocycles. The van der Waals surface area contributed by atoms with Crippen molar-refractivity contribution in [2.45, 2.75) is 32.1 Å². The van der Waals surface area contributed by atoms with Crippen molar-refractivity contribution < 1.29 is 23.7 Å². The summed E-state index contributed by atoms with van der Waals surface area (Å²) in [6.07, 6.45) is 4.26. The Morgan fingerprint density at radius 2 is 1.43 bits per heavy atom. The lowest BCUT2D eigenvalue weighted by Gasteiger charge is -2.23. The molecule has 2 aromatic rings. The minimum absolute atomic E-state index is 0. The van der Waals surface area contributed by atoms with Crippen LogP contribution in [0.1, 0.15) is 29.5 Å². The third kappa shape index (κ3) is 7.67. The van der Waals surface area contributed by atoms with E-state index in [0.29, 0.717) is 12.2 Å². The van der Waals surface area contributed by atoms with Gasteiger partial charge in [-0.3, -0.25) is 4.79 Å². The van der Waals surface area contributed by atoms with Crippen LogP contribution in [0, 0.1) is 0 Å². The van der Waals surface area contributed by atoms with Gasteiger partial charge in [0, 0.05) is 13.1 Å². The fourth-order valence-electron chi connectivity index (χ4n) is 4.48. The summed E-state index contributed by atoms with van der Waals surface area (Å²) < 4.78 is 21.5. The zero-order valence-corrected chi connectivity index (χ0v) is 22.4. The number of ether oxygens (including phenoxy) is 4. The van der Waals surface area contributed by atoms with Crippen LogP contribution < -0.4 is 18.9 Å². The van der Waals surface area contributed by atoms with Crippen molar-refractivity contribution in [2.75, 3.05) is 61.7 Å². The highest BCUT2D eigenvalue weighted by Gasteiger charge is 2.22. The minimum Gasteiger partial charge on any atom is -0.493 e. The molecule has 194 valence electrons. The zero-order valence-electron chi connectivity index (χ0n) is 21.6. The van der Waals surface area contributed by atoms with Crippen molar-refractivity contribution in [2.24, 2.45) is 0 Å². The first-order chi connectivity index (χ1) is 16.5. The van der Waals surface area contributed by atoms with Crippen LogP contribution in [0.3, 0.4) is 0 Å². The van der Waals surface area contributed by atoms with E-state index in [0.717, 1.165) is 74.7 Å². The lowest BCUT2D eigenvalue weighted by atomic mass is 10.0. The molecule has 0 aliphatic carbocycles. The number of rotatable bonds is 12. The summed E-state index contributed by atoms with van der Waals surface area (Å²) >= 11 is 0. The van der Waals surface area contributed by atoms with Gasteiger partial charge in [0.1, 0.15) is 0 Å². The van der Waals surface area contributed by atoms with Crippen molar-refractivity contribution in [3.8, 4) is 23.0 Å². The van der Waals surface area contributed by atoms with Crippen molar-refractivity contribution in [3.05, 3.63) is 47.0 Å². The number of carbonyl (C=O) groups is 1. The zero-order chi connectivity index (χ0) is 24.5. The summed E-state index contributed by atoms with van der Waals surface area (Å²) in [7, 11) is 8.73. The van der Waals surface area contributed by atoms with Gasteiger partial charge in [0.05, 0.1) is 34.9 Å². The topological polar surface area (TPSA) is 60.5 Å². The molecule has 0 radical (unpaired) electrons. The number of hydrogen-bond acceptors (Lipinski definition) is 6. The molecule has 1 amide bonds. The minimum atomic E-state index is 0. The molecule has 8 heteroatoms. The van der Waals surface area contributed by atoms with Gasteiger partial charge in [-0.15, -0.1) is 12.4 Å². The van der Waals surface area contributed by atoms with Crippen molar-refractivity contribution in [1.29, 1.82) is 0 Å². The molecular formula is C27H39ClN2O5. The molecule has 1 aliphatic heterocycles. The van der Waals surface area contributed by atoms with Gasteiger partial charge >= 0.3 is 0 Å². The number of halogens is 1. The molecule has 7 nitrogen and oxygen atoms in total. The monoisotopic (exact) mass is 506 g/mol. The van der Waals surface area contributed by atoms with Crippen LogP contribution in [0.2, 0.25) is 0 Å². The Bertz CT molecular complexity index is 969. The largest absolute Gasteiger partial charge is 0.493 e. The van der Waals surface area contributed by atoms with E-state index in [1.807, 2.05) is 29.2 Å². The first-order valence-corrected chi connectivity index (χ1v) is 11.9. The van der Waals surface area contributed by atoms with Crippen LogP contribution in [-0.2, 0) is 24.1 Å². The fraction of sp³-hybridized carbons (Fsp3) is 0.519. The van der Waals surface area contributed by atoms with Crippen LogP contribution in [0.25, 0.3) is 0 Å². The summed E-state index contributed by atoms with van der Waals surface area (Å²) in [6.45, 7) is 3.49. The summed E-state index contributed by atoms with van der Waals surface area (Å²) in [5, 5.41) is 0. The Kier molecular flexibility index (Phi) is 11.5. The SMILES string of the molecule is COc1ccc(CCCN(C)CCCN2CCc3cc(OC)c(OC)cc3CC2=O)cc1OC.Cl. The van der Waals surface area contributed by atoms with Gasteiger partial charge < -0.3 is 28.7 Å². The molecular weight excluding hydrogens is 468 g/mol. The van der Waals surface area contributed by atoms with Gasteiger partial charge in [-0.1, -0.05) is 6.07 Å². The Morgan fingerprint density at radius 1 is 0.829 bits per heavy atom. The Balaban J connectivity index is 0.00000432. The molecule has 0 saturated carbocycles. The summed E-state index contributed by atoms with van der Waals surface area (Å²) in [5.74, 6) is 3.11. The number of benzene rings is 2. The molecule has 0 bridgehead atoms. The predicted octanol–water partition coefficient (Wildman–Crippen LogP) is 4.02. The van der Waals surface area contributed by atoms with Gasteiger partial charge in [-0.05, 0) is 86.8 Å². The third-order valence-corrected chi connectivity index (χ3v) is 6.47. The highest BCUT2D eigenvalue weighted by molar-refractivity contribution is 5.85. The van der Waals surface area contributed by atoms with E-state index in [9.17, 15) is 4.79 Å². The van der Waals surface area contributed by atoms with E-state index in [1.165, 1.54) is 11.1 Å². The van der Waals surface area contributed by atoms with Gasteiger partial charge in [-0.25, -0.2) is 0 Å². The van der Waals surface area contributed by atoms with Crippen LogP contribution in [0.5, 0.6) is 23.0 Å². The maximum atomic E-state index is 12.9. The molecule has 0 unspecified atom stereocenters. The summed E-state index contributed by atoms with van der Waals surface area (Å²) in [6, 6.07) is 10.1. The van der Waals surface area contributed by atoms with Gasteiger partial charge in [0.2, 0.25) is 5.91 Å². The van der Waals surface area contributed by atoms with Gasteiger partial charge in [-0.2, -0.15) is 0 Å². The number of carbonyl (C=O) groups excluding carboxylic acids is 1. The number of fused-ring (bicyclic) bond motifs is 1. The van der Waals surface area contributed by atoms with Crippen LogP contribution in [0.4, 0.5) is 0 Å². The smallest absolute Gasteiger partial charge is 0.227 e. The van der Waals surface area contributed by atoms with Crippen molar-refractivity contribution in [1.82, 2.24) is 9.80 Å². The third-order valence-electron chi connectivity index (χ3n) is 6.47. The number of methoxy groups -OCH3 is 4. The molecule has 3 rings (SSSR count). The van der Waals surface area contributed by atoms with Crippen LogP contribution in [-0.4, -0.2) is 77.4 Å². The second kappa shape index (κ2) is 14.0. The lowest BCUT2D eigenvalue weighted by molar-refractivity contribution is -0.130. The van der Waals surface area contributed by atoms with E-state index in [2.05, 4.69) is 18.0 Å². The molecule has 1 aliphatic rings. The number of amides is 1. The highest BCUT2D eigenvalue weighted by Crippen LogP contribution is 2.32. The fourth-order valence-corrected chi connectivity index (χ4v) is 4.48. The molecule has 0 fully saturated rings. The predicted molar refractivity (Wildman–Crippen MR) is 141 cm³/mol. The van der Waals surface area contributed by atoms with Crippen LogP contribution >= 0.6 is 12.4 Å².